The lowest BCUT2D eigenvalue weighted by Crippen LogP contribution is -2.38. The SMILES string of the molecule is Cl/C=C/CN(CCCl)C1CCCCC1. The van der Waals surface area contributed by atoms with Crippen LogP contribution in [0, 0.1) is 0 Å². The Labute approximate surface area is 97.1 Å². The Morgan fingerprint density at radius 3 is 2.50 bits per heavy atom. The summed E-state index contributed by atoms with van der Waals surface area (Å²) in [5, 5.41) is 0. The fourth-order valence-corrected chi connectivity index (χ4v) is 2.45. The normalized spacial score (nSPS) is 19.6. The lowest BCUT2D eigenvalue weighted by Gasteiger charge is -2.33. The third-order valence-corrected chi connectivity index (χ3v) is 3.24. The van der Waals surface area contributed by atoms with Crippen LogP contribution in [0.1, 0.15) is 32.1 Å². The number of halogens is 2. The molecular formula is C11H19Cl2N. The third-order valence-electron chi connectivity index (χ3n) is 2.89. The van der Waals surface area contributed by atoms with Gasteiger partial charge in [-0.15, -0.1) is 11.6 Å². The fraction of sp³-hybridized carbons (Fsp3) is 0.818. The molecule has 14 heavy (non-hydrogen) atoms. The van der Waals surface area contributed by atoms with E-state index in [1.54, 1.807) is 5.54 Å². The minimum atomic E-state index is 0.715. The molecule has 0 radical (unpaired) electrons. The quantitative estimate of drug-likeness (QED) is 0.659. The summed E-state index contributed by atoms with van der Waals surface area (Å²) in [5.74, 6) is 0.715. The van der Waals surface area contributed by atoms with Crippen molar-refractivity contribution in [2.24, 2.45) is 0 Å². The highest BCUT2D eigenvalue weighted by molar-refractivity contribution is 6.25. The molecule has 0 unspecified atom stereocenters. The van der Waals surface area contributed by atoms with E-state index in [9.17, 15) is 0 Å². The number of alkyl halides is 1. The van der Waals surface area contributed by atoms with Crippen LogP contribution in [0.25, 0.3) is 0 Å². The van der Waals surface area contributed by atoms with Crippen molar-refractivity contribution in [3.63, 3.8) is 0 Å². The first-order valence-electron chi connectivity index (χ1n) is 5.43. The zero-order chi connectivity index (χ0) is 10.2. The lowest BCUT2D eigenvalue weighted by atomic mass is 9.94. The average Bonchev–Trinajstić information content (AvgIpc) is 2.25. The molecule has 1 nitrogen and oxygen atoms in total. The van der Waals surface area contributed by atoms with Crippen LogP contribution in [-0.4, -0.2) is 29.9 Å². The number of hydrogen-bond acceptors (Lipinski definition) is 1. The van der Waals surface area contributed by atoms with Gasteiger partial charge in [0.1, 0.15) is 0 Å². The summed E-state index contributed by atoms with van der Waals surface area (Å²) < 4.78 is 0. The van der Waals surface area contributed by atoms with Gasteiger partial charge in [0.05, 0.1) is 0 Å². The van der Waals surface area contributed by atoms with Gasteiger partial charge < -0.3 is 0 Å². The molecule has 0 amide bonds. The van der Waals surface area contributed by atoms with Crippen LogP contribution in [-0.2, 0) is 0 Å². The predicted molar refractivity (Wildman–Crippen MR) is 64.2 cm³/mol. The van der Waals surface area contributed by atoms with E-state index >= 15 is 0 Å². The second-order valence-corrected chi connectivity index (χ2v) is 4.47. The Hall–Kier alpha value is 0.280. The first-order valence-corrected chi connectivity index (χ1v) is 6.41. The molecule has 3 heteroatoms. The van der Waals surface area contributed by atoms with E-state index in [1.165, 1.54) is 32.1 Å². The van der Waals surface area contributed by atoms with Gasteiger partial charge in [-0.05, 0) is 12.8 Å². The van der Waals surface area contributed by atoms with Gasteiger partial charge in [-0.3, -0.25) is 4.90 Å². The Morgan fingerprint density at radius 1 is 1.21 bits per heavy atom. The molecular weight excluding hydrogens is 217 g/mol. The van der Waals surface area contributed by atoms with Crippen molar-refractivity contribution in [2.45, 2.75) is 38.1 Å². The van der Waals surface area contributed by atoms with Crippen molar-refractivity contribution >= 4 is 23.2 Å². The smallest absolute Gasteiger partial charge is 0.0351 e. The van der Waals surface area contributed by atoms with Crippen LogP contribution < -0.4 is 0 Å². The molecule has 1 rings (SSSR count). The summed E-state index contributed by atoms with van der Waals surface area (Å²) in [6.07, 6.45) is 8.79. The summed E-state index contributed by atoms with van der Waals surface area (Å²) >= 11 is 11.3. The third kappa shape index (κ3) is 4.20. The van der Waals surface area contributed by atoms with E-state index < -0.39 is 0 Å². The van der Waals surface area contributed by atoms with Crippen molar-refractivity contribution in [3.05, 3.63) is 11.6 Å². The highest BCUT2D eigenvalue weighted by Gasteiger charge is 2.19. The maximum absolute atomic E-state index is 5.80. The Morgan fingerprint density at radius 2 is 1.93 bits per heavy atom. The van der Waals surface area contributed by atoms with Crippen LogP contribution in [0.2, 0.25) is 0 Å². The van der Waals surface area contributed by atoms with Gasteiger partial charge >= 0.3 is 0 Å². The molecule has 0 heterocycles. The van der Waals surface area contributed by atoms with E-state index in [2.05, 4.69) is 4.90 Å². The van der Waals surface area contributed by atoms with E-state index in [4.69, 9.17) is 23.2 Å². The minimum absolute atomic E-state index is 0.715. The minimum Gasteiger partial charge on any atom is -0.296 e. The van der Waals surface area contributed by atoms with Gasteiger partial charge in [-0.2, -0.15) is 0 Å². The maximum Gasteiger partial charge on any atom is 0.0351 e. The summed E-state index contributed by atoms with van der Waals surface area (Å²) in [4.78, 5) is 2.45. The summed E-state index contributed by atoms with van der Waals surface area (Å²) in [7, 11) is 0. The average molecular weight is 236 g/mol. The molecule has 0 aromatic rings. The maximum atomic E-state index is 5.80. The molecule has 0 aromatic carbocycles. The van der Waals surface area contributed by atoms with Crippen LogP contribution in [0.3, 0.4) is 0 Å². The second kappa shape index (κ2) is 7.56. The highest BCUT2D eigenvalue weighted by atomic mass is 35.5. The molecule has 1 aliphatic carbocycles. The van der Waals surface area contributed by atoms with Gasteiger partial charge in [0.25, 0.3) is 0 Å². The van der Waals surface area contributed by atoms with Crippen LogP contribution in [0.15, 0.2) is 11.6 Å². The predicted octanol–water partition coefficient (Wildman–Crippen LogP) is 3.61. The number of hydrogen-bond donors (Lipinski definition) is 0. The molecule has 0 N–H and O–H groups in total. The second-order valence-electron chi connectivity index (χ2n) is 3.84. The standard InChI is InChI=1S/C11H19Cl2N/c12-7-4-9-14(10-8-13)11-5-2-1-3-6-11/h4,7,11H,1-3,5-6,8-10H2/b7-4+. The lowest BCUT2D eigenvalue weighted by molar-refractivity contribution is 0.181. The molecule has 1 saturated carbocycles. The molecule has 0 bridgehead atoms. The molecule has 1 fully saturated rings. The number of nitrogens with zero attached hydrogens (tertiary/aromatic N) is 1. The van der Waals surface area contributed by atoms with Crippen LogP contribution >= 0.6 is 23.2 Å². The largest absolute Gasteiger partial charge is 0.296 e. The molecule has 0 aliphatic heterocycles. The van der Waals surface area contributed by atoms with Crippen molar-refractivity contribution in [1.82, 2.24) is 4.90 Å². The fourth-order valence-electron chi connectivity index (χ4n) is 2.15. The van der Waals surface area contributed by atoms with Gasteiger partial charge in [0, 0.05) is 30.5 Å². The van der Waals surface area contributed by atoms with Crippen molar-refractivity contribution < 1.29 is 0 Å². The summed E-state index contributed by atoms with van der Waals surface area (Å²) in [6, 6.07) is 0.732. The van der Waals surface area contributed by atoms with Crippen LogP contribution in [0.4, 0.5) is 0 Å². The van der Waals surface area contributed by atoms with Gasteiger partial charge in [-0.1, -0.05) is 36.9 Å². The van der Waals surface area contributed by atoms with Crippen molar-refractivity contribution in [1.29, 1.82) is 0 Å². The first-order chi connectivity index (χ1) is 6.88. The Kier molecular flexibility index (Phi) is 6.67. The van der Waals surface area contributed by atoms with E-state index in [0.29, 0.717) is 5.88 Å². The van der Waals surface area contributed by atoms with E-state index in [0.717, 1.165) is 19.1 Å². The van der Waals surface area contributed by atoms with E-state index in [-0.39, 0.29) is 0 Å². The summed E-state index contributed by atoms with van der Waals surface area (Å²) in [6.45, 7) is 1.92. The molecule has 0 saturated heterocycles. The molecule has 0 atom stereocenters. The molecule has 82 valence electrons. The topological polar surface area (TPSA) is 3.24 Å². The zero-order valence-corrected chi connectivity index (χ0v) is 10.1. The van der Waals surface area contributed by atoms with E-state index in [1.807, 2.05) is 6.08 Å². The van der Waals surface area contributed by atoms with Gasteiger partial charge in [0.15, 0.2) is 0 Å². The molecule has 0 aromatic heterocycles. The monoisotopic (exact) mass is 235 g/mol. The van der Waals surface area contributed by atoms with Gasteiger partial charge in [0.2, 0.25) is 0 Å². The Bertz CT molecular complexity index is 165. The number of rotatable bonds is 5. The van der Waals surface area contributed by atoms with Crippen LogP contribution in [0.5, 0.6) is 0 Å². The molecule has 0 spiro atoms. The highest BCUT2D eigenvalue weighted by Crippen LogP contribution is 2.22. The van der Waals surface area contributed by atoms with Gasteiger partial charge in [-0.25, -0.2) is 0 Å². The zero-order valence-electron chi connectivity index (χ0n) is 8.59. The molecule has 1 aliphatic rings. The Balaban J connectivity index is 2.38. The van der Waals surface area contributed by atoms with Crippen molar-refractivity contribution in [3.8, 4) is 0 Å². The first kappa shape index (κ1) is 12.4. The van der Waals surface area contributed by atoms with Crippen molar-refractivity contribution in [2.75, 3.05) is 19.0 Å². The summed E-state index contributed by atoms with van der Waals surface area (Å²) in [5.41, 5.74) is 1.60.